The van der Waals surface area contributed by atoms with Crippen molar-refractivity contribution < 1.29 is 14.6 Å². The number of benzene rings is 2. The van der Waals surface area contributed by atoms with E-state index in [1.54, 1.807) is 25.4 Å². The third kappa shape index (κ3) is 6.51. The molecule has 0 atom stereocenters. The Hall–Kier alpha value is -2.95. The van der Waals surface area contributed by atoms with Crippen LogP contribution in [0.25, 0.3) is 0 Å². The van der Waals surface area contributed by atoms with Gasteiger partial charge < -0.3 is 25.2 Å². The number of phenolic OH excluding ortho intramolecular Hbond substituents is 1. The van der Waals surface area contributed by atoms with Crippen LogP contribution in [0.5, 0.6) is 17.2 Å². The van der Waals surface area contributed by atoms with Gasteiger partial charge in [-0.15, -0.1) is 24.0 Å². The minimum Gasteiger partial charge on any atom is -0.502 e. The van der Waals surface area contributed by atoms with Crippen molar-refractivity contribution in [2.75, 3.05) is 21.3 Å². The number of rotatable bonds is 8. The summed E-state index contributed by atoms with van der Waals surface area (Å²) in [5.41, 5.74) is 3.25. The number of nitrogens with zero attached hydrogens (tertiary/aromatic N) is 3. The first-order valence-electron chi connectivity index (χ1n) is 9.57. The van der Waals surface area contributed by atoms with Crippen LogP contribution in [0, 0.1) is 0 Å². The number of aromatic nitrogens is 2. The zero-order valence-electron chi connectivity index (χ0n) is 17.8. The Morgan fingerprint density at radius 2 is 1.68 bits per heavy atom. The number of hydrogen-bond donors (Lipinski definition) is 3. The van der Waals surface area contributed by atoms with Crippen molar-refractivity contribution >= 4 is 29.9 Å². The van der Waals surface area contributed by atoms with E-state index >= 15 is 0 Å². The van der Waals surface area contributed by atoms with E-state index in [2.05, 4.69) is 32.9 Å². The second-order valence-corrected chi connectivity index (χ2v) is 6.60. The van der Waals surface area contributed by atoms with E-state index in [1.165, 1.54) is 25.3 Å². The fraction of sp³-hybridized carbons (Fsp3) is 0.273. The molecule has 8 nitrogen and oxygen atoms in total. The van der Waals surface area contributed by atoms with Crippen molar-refractivity contribution in [1.29, 1.82) is 0 Å². The number of phenols is 1. The highest BCUT2D eigenvalue weighted by Gasteiger charge is 2.11. The number of nitrogens with one attached hydrogen (secondary N) is 2. The summed E-state index contributed by atoms with van der Waals surface area (Å²) < 4.78 is 12.3. The molecule has 0 amide bonds. The van der Waals surface area contributed by atoms with Gasteiger partial charge in [-0.1, -0.05) is 24.3 Å². The van der Waals surface area contributed by atoms with Crippen molar-refractivity contribution in [2.24, 2.45) is 4.99 Å². The number of aromatic hydroxyl groups is 1. The molecule has 3 N–H and O–H groups in total. The molecule has 0 saturated carbocycles. The van der Waals surface area contributed by atoms with Gasteiger partial charge >= 0.3 is 0 Å². The van der Waals surface area contributed by atoms with E-state index in [4.69, 9.17) is 9.47 Å². The van der Waals surface area contributed by atoms with Gasteiger partial charge in [0, 0.05) is 32.5 Å². The Morgan fingerprint density at radius 1 is 1.03 bits per heavy atom. The number of guanidine groups is 1. The van der Waals surface area contributed by atoms with Crippen molar-refractivity contribution in [2.45, 2.75) is 19.6 Å². The molecule has 2 aromatic carbocycles. The molecule has 0 bridgehead atoms. The first kappa shape index (κ1) is 24.3. The lowest BCUT2D eigenvalue weighted by Crippen LogP contribution is -2.36. The van der Waals surface area contributed by atoms with Crippen molar-refractivity contribution in [3.8, 4) is 17.2 Å². The van der Waals surface area contributed by atoms with E-state index in [-0.39, 0.29) is 29.7 Å². The summed E-state index contributed by atoms with van der Waals surface area (Å²) in [6.07, 6.45) is 3.73. The summed E-state index contributed by atoms with van der Waals surface area (Å²) in [5.74, 6) is 1.37. The van der Waals surface area contributed by atoms with Crippen LogP contribution < -0.4 is 20.1 Å². The fourth-order valence-corrected chi connectivity index (χ4v) is 3.09. The van der Waals surface area contributed by atoms with Crippen LogP contribution in [0.1, 0.15) is 16.7 Å². The fourth-order valence-electron chi connectivity index (χ4n) is 3.09. The van der Waals surface area contributed by atoms with Crippen LogP contribution in [0.4, 0.5) is 0 Å². The zero-order valence-corrected chi connectivity index (χ0v) is 20.2. The third-order valence-electron chi connectivity index (χ3n) is 4.68. The van der Waals surface area contributed by atoms with Crippen molar-refractivity contribution in [1.82, 2.24) is 20.4 Å². The summed E-state index contributed by atoms with van der Waals surface area (Å²) in [6, 6.07) is 13.7. The van der Waals surface area contributed by atoms with Gasteiger partial charge in [-0.3, -0.25) is 9.67 Å². The zero-order chi connectivity index (χ0) is 21.3. The minimum absolute atomic E-state index is 0. The lowest BCUT2D eigenvalue weighted by molar-refractivity contribution is 0.339. The van der Waals surface area contributed by atoms with Crippen LogP contribution in [-0.2, 0) is 19.6 Å². The molecule has 0 aliphatic heterocycles. The average molecular weight is 537 g/mol. The van der Waals surface area contributed by atoms with Crippen molar-refractivity contribution in [3.63, 3.8) is 0 Å². The largest absolute Gasteiger partial charge is 0.502 e. The van der Waals surface area contributed by atoms with Gasteiger partial charge in [-0.2, -0.15) is 5.10 Å². The van der Waals surface area contributed by atoms with Gasteiger partial charge in [0.2, 0.25) is 5.75 Å². The van der Waals surface area contributed by atoms with Crippen LogP contribution in [0.15, 0.2) is 59.9 Å². The second kappa shape index (κ2) is 12.0. The van der Waals surface area contributed by atoms with Crippen LogP contribution >= 0.6 is 24.0 Å². The quantitative estimate of drug-likeness (QED) is 0.232. The Kier molecular flexibility index (Phi) is 9.44. The lowest BCUT2D eigenvalue weighted by Gasteiger charge is -2.16. The molecule has 166 valence electrons. The molecule has 9 heteroatoms. The summed E-state index contributed by atoms with van der Waals surface area (Å²) in [7, 11) is 4.74. The molecule has 0 saturated heterocycles. The van der Waals surface area contributed by atoms with Gasteiger partial charge in [0.15, 0.2) is 17.5 Å². The molecular formula is C22H28IN5O3. The highest BCUT2D eigenvalue weighted by molar-refractivity contribution is 14.0. The van der Waals surface area contributed by atoms with Gasteiger partial charge in [-0.25, -0.2) is 0 Å². The van der Waals surface area contributed by atoms with E-state index in [0.29, 0.717) is 37.1 Å². The Morgan fingerprint density at radius 3 is 2.26 bits per heavy atom. The topological polar surface area (TPSA) is 92.9 Å². The van der Waals surface area contributed by atoms with Gasteiger partial charge in [0.05, 0.1) is 20.8 Å². The number of ether oxygens (including phenoxy) is 2. The van der Waals surface area contributed by atoms with E-state index in [1.807, 2.05) is 29.1 Å². The monoisotopic (exact) mass is 537 g/mol. The van der Waals surface area contributed by atoms with E-state index in [0.717, 1.165) is 5.56 Å². The van der Waals surface area contributed by atoms with Crippen molar-refractivity contribution in [3.05, 3.63) is 71.5 Å². The Labute approximate surface area is 199 Å². The Bertz CT molecular complexity index is 968. The molecule has 31 heavy (non-hydrogen) atoms. The number of methoxy groups -OCH3 is 2. The molecule has 0 spiro atoms. The molecule has 0 fully saturated rings. The summed E-state index contributed by atoms with van der Waals surface area (Å²) in [5, 5.41) is 20.9. The molecule has 0 aliphatic carbocycles. The molecular weight excluding hydrogens is 509 g/mol. The first-order chi connectivity index (χ1) is 14.6. The first-order valence-corrected chi connectivity index (χ1v) is 9.57. The third-order valence-corrected chi connectivity index (χ3v) is 4.68. The molecule has 0 unspecified atom stereocenters. The smallest absolute Gasteiger partial charge is 0.200 e. The standard InChI is InChI=1S/C22H27N5O3.HI/c1-23-22(24-13-16-11-19(29-2)21(28)20(12-16)30-3)25-14-17-7-4-5-8-18(17)15-27-10-6-9-26-27;/h4-12,28H,13-15H2,1-3H3,(H2,23,24,25);1H. The molecule has 3 aromatic rings. The lowest BCUT2D eigenvalue weighted by atomic mass is 10.1. The molecule has 1 heterocycles. The summed E-state index contributed by atoms with van der Waals surface area (Å²) >= 11 is 0. The Balaban J connectivity index is 0.00000341. The molecule has 0 radical (unpaired) electrons. The number of aliphatic imine (C=N–C) groups is 1. The summed E-state index contributed by atoms with van der Waals surface area (Å²) in [6.45, 7) is 1.82. The second-order valence-electron chi connectivity index (χ2n) is 6.60. The van der Waals surface area contributed by atoms with Gasteiger partial charge in [-0.05, 0) is 34.9 Å². The maximum absolute atomic E-state index is 10.1. The van der Waals surface area contributed by atoms with Gasteiger partial charge in [0.25, 0.3) is 0 Å². The van der Waals surface area contributed by atoms with Crippen LogP contribution in [0.3, 0.4) is 0 Å². The van der Waals surface area contributed by atoms with Crippen LogP contribution in [-0.4, -0.2) is 42.1 Å². The normalized spacial score (nSPS) is 10.9. The van der Waals surface area contributed by atoms with E-state index in [9.17, 15) is 5.11 Å². The maximum atomic E-state index is 10.1. The van der Waals surface area contributed by atoms with Gasteiger partial charge in [0.1, 0.15) is 0 Å². The molecule has 3 rings (SSSR count). The highest BCUT2D eigenvalue weighted by Crippen LogP contribution is 2.36. The molecule has 0 aliphatic rings. The van der Waals surface area contributed by atoms with Crippen LogP contribution in [0.2, 0.25) is 0 Å². The predicted octanol–water partition coefficient (Wildman–Crippen LogP) is 3.14. The highest BCUT2D eigenvalue weighted by atomic mass is 127. The predicted molar refractivity (Wildman–Crippen MR) is 131 cm³/mol. The molecule has 1 aromatic heterocycles. The minimum atomic E-state index is -0.0138. The SMILES string of the molecule is CN=C(NCc1cc(OC)c(O)c(OC)c1)NCc1ccccc1Cn1cccn1.I. The van der Waals surface area contributed by atoms with E-state index < -0.39 is 0 Å². The number of hydrogen-bond acceptors (Lipinski definition) is 5. The number of halogens is 1. The maximum Gasteiger partial charge on any atom is 0.200 e. The summed E-state index contributed by atoms with van der Waals surface area (Å²) in [4.78, 5) is 4.29. The average Bonchev–Trinajstić information content (AvgIpc) is 3.28.